The lowest BCUT2D eigenvalue weighted by molar-refractivity contribution is -0.351. The highest BCUT2D eigenvalue weighted by Crippen LogP contribution is 2.35. The fraction of sp³-hybridized carbons (Fsp3) is 0.667. The maximum absolute atomic E-state index is 11.1. The smallest absolute Gasteiger partial charge is 0.184 e. The Morgan fingerprint density at radius 2 is 1.88 bits per heavy atom. The van der Waals surface area contributed by atoms with E-state index in [0.29, 0.717) is 19.8 Å². The topological polar surface area (TPSA) is 69.6 Å². The van der Waals surface area contributed by atoms with Crippen molar-refractivity contribution in [3.8, 4) is 0 Å². The number of aliphatic hydroxyl groups is 1. The number of methoxy groups -OCH3 is 1. The molecule has 0 spiro atoms. The van der Waals surface area contributed by atoms with Crippen molar-refractivity contribution in [2.45, 2.75) is 36.9 Å². The van der Waals surface area contributed by atoms with Crippen LogP contribution in [0, 0.1) is 0 Å². The Kier molecular flexibility index (Phi) is 5.33. The van der Waals surface area contributed by atoms with Gasteiger partial charge in [0.05, 0.1) is 25.9 Å². The van der Waals surface area contributed by atoms with E-state index < -0.39 is 24.8 Å². The third-order valence-electron chi connectivity index (χ3n) is 5.10. The lowest BCUT2D eigenvalue weighted by atomic mass is 9.94. The Morgan fingerprint density at radius 3 is 2.60 bits per heavy atom. The Morgan fingerprint density at radius 1 is 1.12 bits per heavy atom. The van der Waals surface area contributed by atoms with Crippen LogP contribution in [0.4, 0.5) is 0 Å². The summed E-state index contributed by atoms with van der Waals surface area (Å²) in [5, 5.41) is 11.1. The molecule has 0 bridgehead atoms. The highest BCUT2D eigenvalue weighted by molar-refractivity contribution is 5.16. The SMILES string of the molecule is CO[C@H]1O[C@@H]2CO[C@@H](c3ccccc3)O[C@H]2[C@@H](O)[C@@H]1N1CCOCC1. The van der Waals surface area contributed by atoms with E-state index in [1.807, 2.05) is 30.3 Å². The van der Waals surface area contributed by atoms with Crippen LogP contribution in [0.5, 0.6) is 0 Å². The Labute approximate surface area is 147 Å². The summed E-state index contributed by atoms with van der Waals surface area (Å²) in [4.78, 5) is 2.16. The molecule has 25 heavy (non-hydrogen) atoms. The number of morpholine rings is 1. The number of fused-ring (bicyclic) bond motifs is 1. The van der Waals surface area contributed by atoms with E-state index in [9.17, 15) is 5.11 Å². The van der Waals surface area contributed by atoms with E-state index in [1.54, 1.807) is 7.11 Å². The molecule has 3 fully saturated rings. The van der Waals surface area contributed by atoms with Crippen LogP contribution in [-0.2, 0) is 23.7 Å². The fourth-order valence-electron chi connectivity index (χ4n) is 3.82. The van der Waals surface area contributed by atoms with Gasteiger partial charge in [-0.25, -0.2) is 0 Å². The summed E-state index contributed by atoms with van der Waals surface area (Å²) < 4.78 is 28.9. The van der Waals surface area contributed by atoms with Crippen molar-refractivity contribution in [2.75, 3.05) is 40.0 Å². The number of nitrogens with zero attached hydrogens (tertiary/aromatic N) is 1. The van der Waals surface area contributed by atoms with Crippen molar-refractivity contribution >= 4 is 0 Å². The van der Waals surface area contributed by atoms with Gasteiger partial charge in [-0.05, 0) is 0 Å². The number of hydrogen-bond donors (Lipinski definition) is 1. The maximum atomic E-state index is 11.1. The zero-order valence-corrected chi connectivity index (χ0v) is 14.3. The first-order chi connectivity index (χ1) is 12.3. The van der Waals surface area contributed by atoms with Crippen molar-refractivity contribution in [3.05, 3.63) is 35.9 Å². The lowest BCUT2D eigenvalue weighted by Crippen LogP contribution is -2.67. The van der Waals surface area contributed by atoms with E-state index in [2.05, 4.69) is 4.90 Å². The summed E-state index contributed by atoms with van der Waals surface area (Å²) in [7, 11) is 1.60. The second-order valence-corrected chi connectivity index (χ2v) is 6.58. The van der Waals surface area contributed by atoms with E-state index in [0.717, 1.165) is 18.7 Å². The first-order valence-electron chi connectivity index (χ1n) is 8.78. The standard InChI is InChI=1S/C18H25NO6/c1-21-18-14(19-7-9-22-10-8-19)15(20)16-13(24-18)11-23-17(25-16)12-5-3-2-4-6-12/h2-6,13-18,20H,7-11H2,1H3/t13-,14+,15+,16-,17-,18+/m1/s1. The van der Waals surface area contributed by atoms with Gasteiger partial charge in [-0.15, -0.1) is 0 Å². The Hall–Kier alpha value is -1.06. The molecule has 0 unspecified atom stereocenters. The third kappa shape index (κ3) is 3.46. The summed E-state index contributed by atoms with van der Waals surface area (Å²) in [5.41, 5.74) is 0.935. The molecule has 3 saturated heterocycles. The number of hydrogen-bond acceptors (Lipinski definition) is 7. The molecule has 1 N–H and O–H groups in total. The van der Waals surface area contributed by atoms with Gasteiger partial charge in [-0.1, -0.05) is 30.3 Å². The molecule has 3 aliphatic rings. The van der Waals surface area contributed by atoms with Gasteiger partial charge in [0.2, 0.25) is 0 Å². The van der Waals surface area contributed by atoms with Crippen molar-refractivity contribution in [2.24, 2.45) is 0 Å². The second kappa shape index (κ2) is 7.67. The van der Waals surface area contributed by atoms with Crippen LogP contribution in [0.25, 0.3) is 0 Å². The summed E-state index contributed by atoms with van der Waals surface area (Å²) in [6.45, 7) is 3.12. The van der Waals surface area contributed by atoms with E-state index in [1.165, 1.54) is 0 Å². The van der Waals surface area contributed by atoms with Gasteiger partial charge >= 0.3 is 0 Å². The molecule has 3 heterocycles. The Bertz CT molecular complexity index is 552. The highest BCUT2D eigenvalue weighted by Gasteiger charge is 2.51. The first kappa shape index (κ1) is 17.4. The molecule has 1 aromatic rings. The minimum Gasteiger partial charge on any atom is -0.388 e. The highest BCUT2D eigenvalue weighted by atomic mass is 16.7. The van der Waals surface area contributed by atoms with Crippen molar-refractivity contribution in [1.82, 2.24) is 4.90 Å². The average molecular weight is 351 g/mol. The summed E-state index contributed by atoms with van der Waals surface area (Å²) >= 11 is 0. The van der Waals surface area contributed by atoms with E-state index in [4.69, 9.17) is 23.7 Å². The molecule has 6 atom stereocenters. The van der Waals surface area contributed by atoms with Gasteiger partial charge in [0.15, 0.2) is 12.6 Å². The fourth-order valence-corrected chi connectivity index (χ4v) is 3.82. The van der Waals surface area contributed by atoms with Gasteiger partial charge in [-0.3, -0.25) is 4.90 Å². The quantitative estimate of drug-likeness (QED) is 0.852. The molecule has 3 aliphatic heterocycles. The molecule has 0 amide bonds. The predicted molar refractivity (Wildman–Crippen MR) is 87.9 cm³/mol. The molecular weight excluding hydrogens is 326 g/mol. The van der Waals surface area contributed by atoms with Gasteiger partial charge in [-0.2, -0.15) is 0 Å². The molecule has 0 saturated carbocycles. The van der Waals surface area contributed by atoms with Crippen molar-refractivity contribution in [1.29, 1.82) is 0 Å². The van der Waals surface area contributed by atoms with Crippen LogP contribution in [0.3, 0.4) is 0 Å². The van der Waals surface area contributed by atoms with Gasteiger partial charge in [0, 0.05) is 25.8 Å². The monoisotopic (exact) mass is 351 g/mol. The zero-order chi connectivity index (χ0) is 17.2. The van der Waals surface area contributed by atoms with Crippen LogP contribution in [0.2, 0.25) is 0 Å². The molecule has 0 aromatic heterocycles. The van der Waals surface area contributed by atoms with Crippen LogP contribution < -0.4 is 0 Å². The van der Waals surface area contributed by atoms with Crippen molar-refractivity contribution < 1.29 is 28.8 Å². The predicted octanol–water partition coefficient (Wildman–Crippen LogP) is 0.534. The maximum Gasteiger partial charge on any atom is 0.184 e. The number of benzene rings is 1. The normalized spacial score (nSPS) is 39.8. The molecule has 0 radical (unpaired) electrons. The summed E-state index contributed by atoms with van der Waals surface area (Å²) in [6, 6.07) is 9.46. The number of aliphatic hydroxyl groups excluding tert-OH is 1. The van der Waals surface area contributed by atoms with Crippen molar-refractivity contribution in [3.63, 3.8) is 0 Å². The van der Waals surface area contributed by atoms with Gasteiger partial charge in [0.25, 0.3) is 0 Å². The second-order valence-electron chi connectivity index (χ2n) is 6.58. The zero-order valence-electron chi connectivity index (χ0n) is 14.3. The van der Waals surface area contributed by atoms with Gasteiger partial charge in [0.1, 0.15) is 18.3 Å². The first-order valence-corrected chi connectivity index (χ1v) is 8.78. The van der Waals surface area contributed by atoms with Crippen LogP contribution >= 0.6 is 0 Å². The summed E-state index contributed by atoms with van der Waals surface area (Å²) in [6.07, 6.45) is -2.55. The van der Waals surface area contributed by atoms with Crippen LogP contribution in [0.1, 0.15) is 11.9 Å². The van der Waals surface area contributed by atoms with Crippen LogP contribution in [-0.4, -0.2) is 80.7 Å². The Balaban J connectivity index is 1.52. The molecule has 138 valence electrons. The average Bonchev–Trinajstić information content (AvgIpc) is 2.69. The third-order valence-corrected chi connectivity index (χ3v) is 5.10. The minimum absolute atomic E-state index is 0.287. The number of ether oxygens (including phenoxy) is 5. The molecule has 1 aromatic carbocycles. The lowest BCUT2D eigenvalue weighted by Gasteiger charge is -2.50. The number of rotatable bonds is 3. The molecule has 7 nitrogen and oxygen atoms in total. The molecular formula is C18H25NO6. The largest absolute Gasteiger partial charge is 0.388 e. The minimum atomic E-state index is -0.725. The summed E-state index contributed by atoms with van der Waals surface area (Å²) in [5.74, 6) is 0. The van der Waals surface area contributed by atoms with E-state index >= 15 is 0 Å². The molecule has 0 aliphatic carbocycles. The molecule has 7 heteroatoms. The van der Waals surface area contributed by atoms with Crippen LogP contribution in [0.15, 0.2) is 30.3 Å². The van der Waals surface area contributed by atoms with E-state index in [-0.39, 0.29) is 12.1 Å². The van der Waals surface area contributed by atoms with Gasteiger partial charge < -0.3 is 28.8 Å². The molecule has 4 rings (SSSR count).